The van der Waals surface area contributed by atoms with E-state index >= 15 is 0 Å². The molecule has 0 aliphatic heterocycles. The summed E-state index contributed by atoms with van der Waals surface area (Å²) in [4.78, 5) is 15.9. The van der Waals surface area contributed by atoms with Gasteiger partial charge in [0.1, 0.15) is 11.2 Å². The quantitative estimate of drug-likeness (QED) is 0.161. The topological polar surface area (TPSA) is 51.8 Å². The molecule has 0 saturated carbocycles. The number of rotatable bonds is 7. The second-order valence-corrected chi connectivity index (χ2v) is 16.6. The molecule has 3 aromatic heterocycles. The van der Waals surface area contributed by atoms with Gasteiger partial charge in [-0.05, 0) is 93.0 Å². The molecule has 0 N–H and O–H groups in total. The van der Waals surface area contributed by atoms with Crippen molar-refractivity contribution in [3.63, 3.8) is 0 Å². The van der Waals surface area contributed by atoms with Crippen LogP contribution in [0.5, 0.6) is 0 Å². The predicted octanol–water partition coefficient (Wildman–Crippen LogP) is 15.8. The number of furan rings is 1. The van der Waals surface area contributed by atoms with Gasteiger partial charge in [0.05, 0.1) is 0 Å². The van der Waals surface area contributed by atoms with Crippen LogP contribution in [-0.2, 0) is 0 Å². The highest BCUT2D eigenvalue weighted by Gasteiger charge is 2.20. The smallest absolute Gasteiger partial charge is 0.164 e. The molecule has 0 saturated heterocycles. The number of thiophene rings is 1. The Morgan fingerprint density at radius 1 is 0.306 bits per heavy atom. The lowest BCUT2D eigenvalue weighted by molar-refractivity contribution is 0.669. The molecule has 0 unspecified atom stereocenters. The highest BCUT2D eigenvalue weighted by atomic mass is 32.1. The van der Waals surface area contributed by atoms with Crippen LogP contribution in [0.4, 0.5) is 0 Å². The predicted molar refractivity (Wildman–Crippen MR) is 258 cm³/mol. The van der Waals surface area contributed by atoms with E-state index in [1.165, 1.54) is 31.3 Å². The Hall–Kier alpha value is -7.99. The second kappa shape index (κ2) is 14.9. The van der Waals surface area contributed by atoms with Crippen molar-refractivity contribution < 1.29 is 4.42 Å². The minimum Gasteiger partial charge on any atom is -0.456 e. The fraction of sp³-hybridized carbons (Fsp3) is 0. The van der Waals surface area contributed by atoms with E-state index in [2.05, 4.69) is 176 Å². The normalized spacial score (nSPS) is 11.5. The highest BCUT2D eigenvalue weighted by molar-refractivity contribution is 7.26. The second-order valence-electron chi connectivity index (χ2n) is 15.6. The van der Waals surface area contributed by atoms with E-state index in [0.717, 1.165) is 72.0 Å². The van der Waals surface area contributed by atoms with Gasteiger partial charge in [-0.15, -0.1) is 11.3 Å². The zero-order valence-corrected chi connectivity index (χ0v) is 34.2. The first-order valence-electron chi connectivity index (χ1n) is 20.7. The standard InChI is InChI=1S/C57H35N3OS/c1-4-15-36(16-5-1)39-21-12-22-40(31-39)42-32-43(45-24-13-25-47-46-23-10-11-28-52(46)62-54(45)47)34-44(33-42)56-58-55(38-19-8-3-9-20-38)59-57(60-56)48-26-14-27-51-53(48)49-35-41(29-30-50(49)61-51)37-17-6-2-7-18-37/h1-35H. The van der Waals surface area contributed by atoms with Crippen LogP contribution in [0.15, 0.2) is 217 Å². The monoisotopic (exact) mass is 809 g/mol. The van der Waals surface area contributed by atoms with E-state index in [9.17, 15) is 0 Å². The largest absolute Gasteiger partial charge is 0.456 e. The van der Waals surface area contributed by atoms with E-state index in [-0.39, 0.29) is 0 Å². The van der Waals surface area contributed by atoms with Crippen molar-refractivity contribution in [1.29, 1.82) is 0 Å². The van der Waals surface area contributed by atoms with Gasteiger partial charge in [-0.1, -0.05) is 164 Å². The molecule has 9 aromatic carbocycles. The molecule has 0 amide bonds. The zero-order valence-electron chi connectivity index (χ0n) is 33.4. The van der Waals surface area contributed by atoms with Gasteiger partial charge in [-0.2, -0.15) is 0 Å². The molecule has 290 valence electrons. The summed E-state index contributed by atoms with van der Waals surface area (Å²) in [6.45, 7) is 0. The number of hydrogen-bond donors (Lipinski definition) is 0. The molecule has 0 radical (unpaired) electrons. The van der Waals surface area contributed by atoms with Crippen LogP contribution < -0.4 is 0 Å². The number of nitrogens with zero attached hydrogens (tertiary/aromatic N) is 3. The molecule has 0 aliphatic rings. The van der Waals surface area contributed by atoms with Gasteiger partial charge in [0.2, 0.25) is 0 Å². The summed E-state index contributed by atoms with van der Waals surface area (Å²) in [6, 6.07) is 74.6. The fourth-order valence-corrected chi connectivity index (χ4v) is 9.97. The Kier molecular flexibility index (Phi) is 8.65. The van der Waals surface area contributed by atoms with Crippen LogP contribution in [0, 0.1) is 0 Å². The lowest BCUT2D eigenvalue weighted by Crippen LogP contribution is -2.01. The number of aromatic nitrogens is 3. The Morgan fingerprint density at radius 3 is 1.61 bits per heavy atom. The van der Waals surface area contributed by atoms with Crippen LogP contribution in [-0.4, -0.2) is 15.0 Å². The van der Waals surface area contributed by atoms with Crippen molar-refractivity contribution in [2.45, 2.75) is 0 Å². The van der Waals surface area contributed by atoms with Crippen molar-refractivity contribution in [1.82, 2.24) is 15.0 Å². The molecule has 0 fully saturated rings. The average molecular weight is 810 g/mol. The van der Waals surface area contributed by atoms with Crippen LogP contribution >= 0.6 is 11.3 Å². The molecule has 0 aliphatic carbocycles. The van der Waals surface area contributed by atoms with Gasteiger partial charge in [-0.3, -0.25) is 0 Å². The van der Waals surface area contributed by atoms with Gasteiger partial charge in [0, 0.05) is 47.6 Å². The molecular formula is C57H35N3OS. The van der Waals surface area contributed by atoms with Crippen LogP contribution in [0.25, 0.3) is 121 Å². The Bertz CT molecular complexity index is 3630. The van der Waals surface area contributed by atoms with E-state index < -0.39 is 0 Å². The molecule has 3 heterocycles. The maximum absolute atomic E-state index is 6.49. The first kappa shape index (κ1) is 35.9. The van der Waals surface area contributed by atoms with E-state index in [1.54, 1.807) is 0 Å². The van der Waals surface area contributed by atoms with Gasteiger partial charge < -0.3 is 4.42 Å². The molecule has 5 heteroatoms. The lowest BCUT2D eigenvalue weighted by atomic mass is 9.93. The summed E-state index contributed by atoms with van der Waals surface area (Å²) in [5.41, 5.74) is 13.3. The van der Waals surface area contributed by atoms with E-state index in [0.29, 0.717) is 17.5 Å². The fourth-order valence-electron chi connectivity index (χ4n) is 8.73. The first-order chi connectivity index (χ1) is 30.7. The van der Waals surface area contributed by atoms with Crippen molar-refractivity contribution >= 4 is 53.4 Å². The maximum atomic E-state index is 6.49. The van der Waals surface area contributed by atoms with Crippen molar-refractivity contribution in [2.24, 2.45) is 0 Å². The number of fused-ring (bicyclic) bond motifs is 6. The molecule has 12 rings (SSSR count). The van der Waals surface area contributed by atoms with Crippen molar-refractivity contribution in [3.05, 3.63) is 212 Å². The molecule has 0 bridgehead atoms. The summed E-state index contributed by atoms with van der Waals surface area (Å²) in [5, 5.41) is 4.51. The van der Waals surface area contributed by atoms with Gasteiger partial charge >= 0.3 is 0 Å². The Morgan fingerprint density at radius 2 is 0.839 bits per heavy atom. The van der Waals surface area contributed by atoms with Crippen molar-refractivity contribution in [3.8, 4) is 78.7 Å². The summed E-state index contributed by atoms with van der Waals surface area (Å²) in [6.07, 6.45) is 0. The maximum Gasteiger partial charge on any atom is 0.164 e. The SMILES string of the molecule is c1ccc(-c2cccc(-c3cc(-c4nc(-c5ccccc5)nc(-c5cccc6oc7ccc(-c8ccccc8)cc7c56)n4)cc(-c4cccc5c4sc4ccccc45)c3)c2)cc1. The summed E-state index contributed by atoms with van der Waals surface area (Å²) >= 11 is 1.84. The molecule has 0 spiro atoms. The number of benzene rings is 9. The third kappa shape index (κ3) is 6.35. The van der Waals surface area contributed by atoms with Crippen molar-refractivity contribution in [2.75, 3.05) is 0 Å². The molecule has 12 aromatic rings. The molecule has 0 atom stereocenters. The van der Waals surface area contributed by atoms with Crippen LogP contribution in [0.3, 0.4) is 0 Å². The first-order valence-corrected chi connectivity index (χ1v) is 21.6. The Balaban J connectivity index is 1.10. The third-order valence-electron chi connectivity index (χ3n) is 11.7. The molecular weight excluding hydrogens is 775 g/mol. The summed E-state index contributed by atoms with van der Waals surface area (Å²) in [7, 11) is 0. The van der Waals surface area contributed by atoms with Gasteiger partial charge in [0.25, 0.3) is 0 Å². The van der Waals surface area contributed by atoms with E-state index in [4.69, 9.17) is 19.4 Å². The van der Waals surface area contributed by atoms with Crippen LogP contribution in [0.2, 0.25) is 0 Å². The average Bonchev–Trinajstić information content (AvgIpc) is 3.93. The Labute approximate surface area is 362 Å². The summed E-state index contributed by atoms with van der Waals surface area (Å²) < 4.78 is 9.02. The van der Waals surface area contributed by atoms with Gasteiger partial charge in [0.15, 0.2) is 17.5 Å². The third-order valence-corrected chi connectivity index (χ3v) is 12.9. The van der Waals surface area contributed by atoms with Crippen LogP contribution in [0.1, 0.15) is 0 Å². The highest BCUT2D eigenvalue weighted by Crippen LogP contribution is 2.43. The minimum atomic E-state index is 0.580. The number of hydrogen-bond acceptors (Lipinski definition) is 5. The summed E-state index contributed by atoms with van der Waals surface area (Å²) in [5.74, 6) is 1.77. The lowest BCUT2D eigenvalue weighted by Gasteiger charge is -2.14. The minimum absolute atomic E-state index is 0.580. The molecule has 4 nitrogen and oxygen atoms in total. The zero-order chi connectivity index (χ0) is 41.0. The van der Waals surface area contributed by atoms with Gasteiger partial charge in [-0.25, -0.2) is 15.0 Å². The van der Waals surface area contributed by atoms with E-state index in [1.807, 2.05) is 47.7 Å². The molecule has 62 heavy (non-hydrogen) atoms.